The highest BCUT2D eigenvalue weighted by Crippen LogP contribution is 2.36. The van der Waals surface area contributed by atoms with E-state index in [0.29, 0.717) is 27.1 Å². The van der Waals surface area contributed by atoms with Gasteiger partial charge in [-0.25, -0.2) is 10.2 Å². The van der Waals surface area contributed by atoms with Crippen molar-refractivity contribution in [2.45, 2.75) is 6.92 Å². The molecule has 0 aliphatic heterocycles. The number of carboxylic acids is 1. The number of halogens is 1. The van der Waals surface area contributed by atoms with Gasteiger partial charge in [-0.1, -0.05) is 6.07 Å². The predicted octanol–water partition coefficient (Wildman–Crippen LogP) is 3.00. The molecule has 0 bridgehead atoms. The van der Waals surface area contributed by atoms with Crippen LogP contribution in [0.4, 0.5) is 0 Å². The van der Waals surface area contributed by atoms with Gasteiger partial charge in [0.25, 0.3) is 5.91 Å². The van der Waals surface area contributed by atoms with E-state index in [0.717, 1.165) is 5.56 Å². The average Bonchev–Trinajstić information content (AvgIpc) is 2.66. The molecule has 2 aromatic carbocycles. The van der Waals surface area contributed by atoms with Crippen LogP contribution >= 0.6 is 15.9 Å². The summed E-state index contributed by atoms with van der Waals surface area (Å²) in [5.74, 6) is -0.481. The molecule has 0 saturated carbocycles. The molecule has 2 N–H and O–H groups in total. The average molecular weight is 451 g/mol. The smallest absolute Gasteiger partial charge is 0.341 e. The fourth-order valence-corrected chi connectivity index (χ4v) is 2.87. The molecule has 0 heterocycles. The molecule has 1 amide bonds. The van der Waals surface area contributed by atoms with Gasteiger partial charge in [-0.05, 0) is 58.2 Å². The van der Waals surface area contributed by atoms with E-state index in [-0.39, 0.29) is 5.75 Å². The number of nitrogens with zero attached hydrogens (tertiary/aromatic N) is 1. The van der Waals surface area contributed by atoms with Gasteiger partial charge >= 0.3 is 5.97 Å². The van der Waals surface area contributed by atoms with E-state index >= 15 is 0 Å². The molecule has 0 fully saturated rings. The first-order valence-corrected chi connectivity index (χ1v) is 8.85. The largest absolute Gasteiger partial charge is 0.496 e. The number of hydrazone groups is 1. The Morgan fingerprint density at radius 2 is 1.89 bits per heavy atom. The number of rotatable bonds is 8. The Labute approximate surface area is 170 Å². The number of hydrogen-bond donors (Lipinski definition) is 2. The first-order chi connectivity index (χ1) is 13.3. The summed E-state index contributed by atoms with van der Waals surface area (Å²) in [4.78, 5) is 23.0. The zero-order chi connectivity index (χ0) is 20.7. The molecule has 0 unspecified atom stereocenters. The highest BCUT2D eigenvalue weighted by molar-refractivity contribution is 9.10. The molecule has 9 heteroatoms. The molecule has 2 rings (SSSR count). The molecule has 0 spiro atoms. The van der Waals surface area contributed by atoms with Gasteiger partial charge < -0.3 is 19.3 Å². The predicted molar refractivity (Wildman–Crippen MR) is 107 cm³/mol. The second kappa shape index (κ2) is 9.75. The van der Waals surface area contributed by atoms with Crippen molar-refractivity contribution in [1.82, 2.24) is 5.43 Å². The van der Waals surface area contributed by atoms with E-state index in [1.54, 1.807) is 30.3 Å². The minimum Gasteiger partial charge on any atom is -0.496 e. The topological polar surface area (TPSA) is 106 Å². The Kier molecular flexibility index (Phi) is 7.39. The Hall–Kier alpha value is -3.07. The molecule has 0 aliphatic rings. The van der Waals surface area contributed by atoms with Crippen LogP contribution < -0.4 is 19.6 Å². The Morgan fingerprint density at radius 3 is 2.54 bits per heavy atom. The van der Waals surface area contributed by atoms with Gasteiger partial charge in [0.15, 0.2) is 18.1 Å². The van der Waals surface area contributed by atoms with Gasteiger partial charge in [-0.15, -0.1) is 0 Å². The second-order valence-corrected chi connectivity index (χ2v) is 6.47. The number of carbonyl (C=O) groups is 2. The first-order valence-electron chi connectivity index (χ1n) is 8.06. The number of amides is 1. The standard InChI is InChI=1S/C19H19BrN2O6/c1-11-4-5-13(15(6-11)26-2)19(25)22-21-9-12-7-14(20)18(16(8-12)27-3)28-10-17(23)24/h4-9H,10H2,1-3H3,(H,22,25)(H,23,24)/b21-9-. The van der Waals surface area contributed by atoms with Gasteiger partial charge in [0.05, 0.1) is 30.5 Å². The number of aliphatic carboxylic acids is 1. The second-order valence-electron chi connectivity index (χ2n) is 5.62. The van der Waals surface area contributed by atoms with Crippen LogP contribution in [0.25, 0.3) is 0 Å². The summed E-state index contributed by atoms with van der Waals surface area (Å²) in [5, 5.41) is 12.7. The zero-order valence-corrected chi connectivity index (χ0v) is 17.1. The van der Waals surface area contributed by atoms with E-state index in [1.807, 2.05) is 6.92 Å². The third kappa shape index (κ3) is 5.46. The van der Waals surface area contributed by atoms with Crippen molar-refractivity contribution >= 4 is 34.0 Å². The maximum atomic E-state index is 12.3. The van der Waals surface area contributed by atoms with E-state index in [2.05, 4.69) is 26.5 Å². The maximum absolute atomic E-state index is 12.3. The van der Waals surface area contributed by atoms with Gasteiger partial charge in [0.2, 0.25) is 0 Å². The lowest BCUT2D eigenvalue weighted by Gasteiger charge is -2.12. The Balaban J connectivity index is 2.15. The summed E-state index contributed by atoms with van der Waals surface area (Å²) in [6, 6.07) is 8.48. The molecular weight excluding hydrogens is 432 g/mol. The third-order valence-electron chi connectivity index (χ3n) is 3.57. The third-order valence-corrected chi connectivity index (χ3v) is 4.16. The van der Waals surface area contributed by atoms with E-state index in [4.69, 9.17) is 19.3 Å². The van der Waals surface area contributed by atoms with Crippen molar-refractivity contribution in [3.63, 3.8) is 0 Å². The normalized spacial score (nSPS) is 10.6. The number of nitrogens with one attached hydrogen (secondary N) is 1. The highest BCUT2D eigenvalue weighted by atomic mass is 79.9. The zero-order valence-electron chi connectivity index (χ0n) is 15.5. The van der Waals surface area contributed by atoms with E-state index in [1.165, 1.54) is 20.4 Å². The molecule has 0 aromatic heterocycles. The van der Waals surface area contributed by atoms with Crippen LogP contribution in [0.1, 0.15) is 21.5 Å². The summed E-state index contributed by atoms with van der Waals surface area (Å²) in [7, 11) is 2.92. The Morgan fingerprint density at radius 1 is 1.18 bits per heavy atom. The number of methoxy groups -OCH3 is 2. The molecule has 8 nitrogen and oxygen atoms in total. The molecule has 0 radical (unpaired) electrons. The molecule has 28 heavy (non-hydrogen) atoms. The van der Waals surface area contributed by atoms with Crippen molar-refractivity contribution in [2.75, 3.05) is 20.8 Å². The fourth-order valence-electron chi connectivity index (χ4n) is 2.30. The lowest BCUT2D eigenvalue weighted by Crippen LogP contribution is -2.18. The van der Waals surface area contributed by atoms with Crippen molar-refractivity contribution in [3.8, 4) is 17.2 Å². The van der Waals surface area contributed by atoms with Crippen LogP contribution in [0.2, 0.25) is 0 Å². The van der Waals surface area contributed by atoms with E-state index in [9.17, 15) is 9.59 Å². The van der Waals surface area contributed by atoms with Crippen molar-refractivity contribution < 1.29 is 28.9 Å². The van der Waals surface area contributed by atoms with Crippen molar-refractivity contribution in [1.29, 1.82) is 0 Å². The highest BCUT2D eigenvalue weighted by Gasteiger charge is 2.14. The summed E-state index contributed by atoms with van der Waals surface area (Å²) < 4.78 is 16.1. The SMILES string of the molecule is COc1cc(C)ccc1C(=O)N/N=C\c1cc(Br)c(OCC(=O)O)c(OC)c1. The molecule has 148 valence electrons. The van der Waals surface area contributed by atoms with Crippen LogP contribution in [-0.4, -0.2) is 44.0 Å². The number of aryl methyl sites for hydroxylation is 1. The van der Waals surface area contributed by atoms with Crippen LogP contribution in [0.3, 0.4) is 0 Å². The summed E-state index contributed by atoms with van der Waals surface area (Å²) >= 11 is 3.31. The van der Waals surface area contributed by atoms with Crippen LogP contribution in [0, 0.1) is 6.92 Å². The minimum absolute atomic E-state index is 0.260. The quantitative estimate of drug-likeness (QED) is 0.472. The summed E-state index contributed by atoms with van der Waals surface area (Å²) in [6.45, 7) is 1.40. The number of carboxylic acid groups (broad SMARTS) is 1. The van der Waals surface area contributed by atoms with Crippen LogP contribution in [0.15, 0.2) is 39.9 Å². The first kappa shape index (κ1) is 21.2. The molecule has 2 aromatic rings. The Bertz CT molecular complexity index is 914. The number of ether oxygens (including phenoxy) is 3. The molecule has 0 aliphatic carbocycles. The van der Waals surface area contributed by atoms with E-state index < -0.39 is 18.5 Å². The summed E-state index contributed by atoms with van der Waals surface area (Å²) in [6.07, 6.45) is 1.42. The lowest BCUT2D eigenvalue weighted by molar-refractivity contribution is -0.139. The van der Waals surface area contributed by atoms with Crippen molar-refractivity contribution in [2.24, 2.45) is 5.10 Å². The van der Waals surface area contributed by atoms with Crippen LogP contribution in [-0.2, 0) is 4.79 Å². The maximum Gasteiger partial charge on any atom is 0.341 e. The summed E-state index contributed by atoms with van der Waals surface area (Å²) in [5.41, 5.74) is 4.37. The van der Waals surface area contributed by atoms with Gasteiger partial charge in [0.1, 0.15) is 5.75 Å². The van der Waals surface area contributed by atoms with Gasteiger partial charge in [0, 0.05) is 0 Å². The number of carbonyl (C=O) groups excluding carboxylic acids is 1. The monoisotopic (exact) mass is 450 g/mol. The van der Waals surface area contributed by atoms with Crippen molar-refractivity contribution in [3.05, 3.63) is 51.5 Å². The van der Waals surface area contributed by atoms with Crippen LogP contribution in [0.5, 0.6) is 17.2 Å². The van der Waals surface area contributed by atoms with Gasteiger partial charge in [-0.3, -0.25) is 4.79 Å². The molecule has 0 atom stereocenters. The van der Waals surface area contributed by atoms with Gasteiger partial charge in [-0.2, -0.15) is 5.10 Å². The lowest BCUT2D eigenvalue weighted by atomic mass is 10.1. The fraction of sp³-hybridized carbons (Fsp3) is 0.211. The number of hydrogen-bond acceptors (Lipinski definition) is 6. The minimum atomic E-state index is -1.10. The molecular formula is C19H19BrN2O6. The number of benzene rings is 2. The molecule has 0 saturated heterocycles.